The number of amides is 1. The number of para-hydroxylation sites is 1. The number of hydrogen-bond acceptors (Lipinski definition) is 4. The molecule has 1 aromatic carbocycles. The van der Waals surface area contributed by atoms with Gasteiger partial charge in [0.05, 0.1) is 16.2 Å². The minimum absolute atomic E-state index is 0.0249. The number of unbranched alkanes of at least 4 members (excludes halogenated alkanes) is 1. The number of carbonyl (C=O) groups excluding carboxylic acids is 1. The number of hydrogen-bond donors (Lipinski definition) is 1. The fraction of sp³-hybridized carbons (Fsp3) is 0.526. The zero-order valence-corrected chi connectivity index (χ0v) is 16.2. The highest BCUT2D eigenvalue weighted by molar-refractivity contribution is 8.00. The van der Waals surface area contributed by atoms with E-state index in [1.165, 1.54) is 11.8 Å². The molecule has 5 nitrogen and oxygen atoms in total. The molecule has 0 fully saturated rings. The van der Waals surface area contributed by atoms with E-state index in [0.29, 0.717) is 35.1 Å². The number of rotatable bonds is 8. The molecule has 136 valence electrons. The Morgan fingerprint density at radius 2 is 2.00 bits per heavy atom. The largest absolute Gasteiger partial charge is 0.355 e. The van der Waals surface area contributed by atoms with E-state index in [1.54, 1.807) is 10.6 Å². The van der Waals surface area contributed by atoms with Gasteiger partial charge in [-0.2, -0.15) is 0 Å². The van der Waals surface area contributed by atoms with Gasteiger partial charge in [0.1, 0.15) is 0 Å². The first kappa shape index (κ1) is 19.5. The summed E-state index contributed by atoms with van der Waals surface area (Å²) in [6.45, 7) is 9.34. The predicted molar refractivity (Wildman–Crippen MR) is 104 cm³/mol. The van der Waals surface area contributed by atoms with Crippen molar-refractivity contribution in [2.75, 3.05) is 6.54 Å². The monoisotopic (exact) mass is 361 g/mol. The molecule has 0 aliphatic rings. The second kappa shape index (κ2) is 9.04. The first-order valence-corrected chi connectivity index (χ1v) is 9.76. The highest BCUT2D eigenvalue weighted by atomic mass is 32.2. The van der Waals surface area contributed by atoms with Gasteiger partial charge in [0.15, 0.2) is 5.16 Å². The molecule has 1 amide bonds. The summed E-state index contributed by atoms with van der Waals surface area (Å²) < 4.78 is 1.71. The van der Waals surface area contributed by atoms with E-state index in [9.17, 15) is 9.59 Å². The summed E-state index contributed by atoms with van der Waals surface area (Å²) in [6, 6.07) is 7.37. The second-order valence-corrected chi connectivity index (χ2v) is 7.93. The van der Waals surface area contributed by atoms with Crippen LogP contribution >= 0.6 is 11.8 Å². The molecule has 1 unspecified atom stereocenters. The second-order valence-electron chi connectivity index (χ2n) is 6.62. The SMILES string of the molecule is CCCCn1c(SC(C)C(=O)NCC(C)C)nc2ccccc2c1=O. The van der Waals surface area contributed by atoms with Crippen LogP contribution in [0.3, 0.4) is 0 Å². The smallest absolute Gasteiger partial charge is 0.262 e. The molecule has 0 aliphatic heterocycles. The molecule has 0 spiro atoms. The number of carbonyl (C=O) groups is 1. The van der Waals surface area contributed by atoms with Gasteiger partial charge in [-0.25, -0.2) is 4.98 Å². The standard InChI is InChI=1S/C19H27N3O2S/c1-5-6-11-22-18(24)15-9-7-8-10-16(15)21-19(22)25-14(4)17(23)20-12-13(2)3/h7-10,13-14H,5-6,11-12H2,1-4H3,(H,20,23). The van der Waals surface area contributed by atoms with E-state index in [-0.39, 0.29) is 16.7 Å². The van der Waals surface area contributed by atoms with Crippen molar-refractivity contribution in [2.24, 2.45) is 5.92 Å². The first-order valence-electron chi connectivity index (χ1n) is 8.88. The Kier molecular flexibility index (Phi) is 7.05. The Morgan fingerprint density at radius 3 is 2.68 bits per heavy atom. The lowest BCUT2D eigenvalue weighted by molar-refractivity contribution is -0.120. The van der Waals surface area contributed by atoms with Crippen LogP contribution in [0.4, 0.5) is 0 Å². The molecule has 0 aliphatic carbocycles. The molecule has 1 N–H and O–H groups in total. The van der Waals surface area contributed by atoms with E-state index in [4.69, 9.17) is 0 Å². The zero-order chi connectivity index (χ0) is 18.4. The van der Waals surface area contributed by atoms with E-state index in [1.807, 2.05) is 25.1 Å². The molecule has 1 atom stereocenters. The normalized spacial score (nSPS) is 12.5. The van der Waals surface area contributed by atoms with Crippen LogP contribution < -0.4 is 10.9 Å². The number of benzene rings is 1. The lowest BCUT2D eigenvalue weighted by Gasteiger charge is -2.16. The Bertz CT molecular complexity index is 786. The number of fused-ring (bicyclic) bond motifs is 1. The van der Waals surface area contributed by atoms with Crippen molar-refractivity contribution in [2.45, 2.75) is 57.5 Å². The Hall–Kier alpha value is -1.82. The Balaban J connectivity index is 2.31. The minimum atomic E-state index is -0.306. The maximum atomic E-state index is 12.8. The highest BCUT2D eigenvalue weighted by Crippen LogP contribution is 2.23. The van der Waals surface area contributed by atoms with Gasteiger partial charge < -0.3 is 5.32 Å². The molecule has 2 rings (SSSR count). The fourth-order valence-electron chi connectivity index (χ4n) is 2.41. The molecular formula is C19H27N3O2S. The molecular weight excluding hydrogens is 334 g/mol. The van der Waals surface area contributed by atoms with Crippen LogP contribution in [-0.2, 0) is 11.3 Å². The molecule has 1 heterocycles. The van der Waals surface area contributed by atoms with E-state index in [2.05, 4.69) is 31.1 Å². The van der Waals surface area contributed by atoms with Gasteiger partial charge >= 0.3 is 0 Å². The van der Waals surface area contributed by atoms with Crippen molar-refractivity contribution in [3.05, 3.63) is 34.6 Å². The van der Waals surface area contributed by atoms with Crippen molar-refractivity contribution in [3.8, 4) is 0 Å². The van der Waals surface area contributed by atoms with Crippen LogP contribution in [0.1, 0.15) is 40.5 Å². The van der Waals surface area contributed by atoms with Crippen LogP contribution in [0, 0.1) is 5.92 Å². The van der Waals surface area contributed by atoms with E-state index >= 15 is 0 Å². The molecule has 2 aromatic rings. The lowest BCUT2D eigenvalue weighted by Crippen LogP contribution is -2.34. The van der Waals surface area contributed by atoms with Crippen LogP contribution in [-0.4, -0.2) is 27.3 Å². The summed E-state index contributed by atoms with van der Waals surface area (Å²) in [4.78, 5) is 29.8. The number of nitrogens with zero attached hydrogens (tertiary/aromatic N) is 2. The molecule has 0 saturated heterocycles. The first-order chi connectivity index (χ1) is 11.9. The molecule has 0 saturated carbocycles. The predicted octanol–water partition coefficient (Wildman–Crippen LogP) is 3.45. The van der Waals surface area contributed by atoms with Crippen LogP contribution in [0.25, 0.3) is 10.9 Å². The third kappa shape index (κ3) is 5.08. The average molecular weight is 362 g/mol. The van der Waals surface area contributed by atoms with Crippen LogP contribution in [0.15, 0.2) is 34.2 Å². The van der Waals surface area contributed by atoms with Crippen LogP contribution in [0.5, 0.6) is 0 Å². The van der Waals surface area contributed by atoms with Gasteiger partial charge in [0, 0.05) is 13.1 Å². The summed E-state index contributed by atoms with van der Waals surface area (Å²) in [6.07, 6.45) is 1.90. The molecule has 0 radical (unpaired) electrons. The van der Waals surface area contributed by atoms with Crippen molar-refractivity contribution in [1.82, 2.24) is 14.9 Å². The number of aromatic nitrogens is 2. The third-order valence-corrected chi connectivity index (χ3v) is 4.99. The Labute approximate surface area is 153 Å². The van der Waals surface area contributed by atoms with Gasteiger partial charge in [0.25, 0.3) is 5.56 Å². The van der Waals surface area contributed by atoms with Crippen LogP contribution in [0.2, 0.25) is 0 Å². The van der Waals surface area contributed by atoms with Gasteiger partial charge in [-0.3, -0.25) is 14.2 Å². The van der Waals surface area contributed by atoms with Crippen molar-refractivity contribution >= 4 is 28.6 Å². The van der Waals surface area contributed by atoms with Crippen molar-refractivity contribution in [1.29, 1.82) is 0 Å². The zero-order valence-electron chi connectivity index (χ0n) is 15.4. The number of thioether (sulfide) groups is 1. The molecule has 1 aromatic heterocycles. The molecule has 6 heteroatoms. The fourth-order valence-corrected chi connectivity index (χ4v) is 3.37. The minimum Gasteiger partial charge on any atom is -0.355 e. The maximum absolute atomic E-state index is 12.8. The molecule has 0 bridgehead atoms. The molecule has 25 heavy (non-hydrogen) atoms. The third-order valence-electron chi connectivity index (χ3n) is 3.90. The van der Waals surface area contributed by atoms with Crippen molar-refractivity contribution < 1.29 is 4.79 Å². The quantitative estimate of drug-likeness (QED) is 0.578. The average Bonchev–Trinajstić information content (AvgIpc) is 2.59. The van der Waals surface area contributed by atoms with Gasteiger partial charge in [-0.05, 0) is 31.4 Å². The maximum Gasteiger partial charge on any atom is 0.262 e. The Morgan fingerprint density at radius 1 is 1.28 bits per heavy atom. The summed E-state index contributed by atoms with van der Waals surface area (Å²) >= 11 is 1.35. The topological polar surface area (TPSA) is 64.0 Å². The summed E-state index contributed by atoms with van der Waals surface area (Å²) in [5, 5.41) is 3.88. The van der Waals surface area contributed by atoms with E-state index in [0.717, 1.165) is 12.8 Å². The number of nitrogens with one attached hydrogen (secondary N) is 1. The summed E-state index contributed by atoms with van der Waals surface area (Å²) in [5.41, 5.74) is 0.647. The summed E-state index contributed by atoms with van der Waals surface area (Å²) in [7, 11) is 0. The van der Waals surface area contributed by atoms with Gasteiger partial charge in [-0.15, -0.1) is 0 Å². The highest BCUT2D eigenvalue weighted by Gasteiger charge is 2.19. The van der Waals surface area contributed by atoms with Gasteiger partial charge in [-0.1, -0.05) is 51.1 Å². The lowest BCUT2D eigenvalue weighted by atomic mass is 10.2. The van der Waals surface area contributed by atoms with Gasteiger partial charge in [0.2, 0.25) is 5.91 Å². The van der Waals surface area contributed by atoms with E-state index < -0.39 is 0 Å². The van der Waals surface area contributed by atoms with Crippen molar-refractivity contribution in [3.63, 3.8) is 0 Å². The summed E-state index contributed by atoms with van der Waals surface area (Å²) in [5.74, 6) is 0.380.